The van der Waals surface area contributed by atoms with Gasteiger partial charge in [0.1, 0.15) is 11.6 Å². The normalized spacial score (nSPS) is 15.4. The van der Waals surface area contributed by atoms with Crippen LogP contribution in [0.4, 0.5) is 15.8 Å². The number of amides is 2. The largest absolute Gasteiger partial charge is 0.484 e. The molecule has 31 heavy (non-hydrogen) atoms. The number of para-hydroxylation sites is 1. The molecule has 3 aromatic carbocycles. The second kappa shape index (κ2) is 8.60. The lowest BCUT2D eigenvalue weighted by atomic mass is 10.00. The number of hydrogen-bond donors (Lipinski definition) is 0. The highest BCUT2D eigenvalue weighted by molar-refractivity contribution is 6.05. The van der Waals surface area contributed by atoms with Crippen molar-refractivity contribution in [2.45, 2.75) is 19.9 Å². The van der Waals surface area contributed by atoms with Crippen molar-refractivity contribution in [2.75, 3.05) is 23.0 Å². The smallest absolute Gasteiger partial charge is 0.265 e. The quantitative estimate of drug-likeness (QED) is 0.619. The Morgan fingerprint density at radius 3 is 2.42 bits per heavy atom. The second-order valence-electron chi connectivity index (χ2n) is 7.53. The van der Waals surface area contributed by atoms with Crippen LogP contribution in [0.5, 0.6) is 5.75 Å². The molecule has 4 rings (SSSR count). The lowest BCUT2D eigenvalue weighted by Gasteiger charge is -2.41. The average Bonchev–Trinajstić information content (AvgIpc) is 2.77. The molecule has 1 atom stereocenters. The minimum Gasteiger partial charge on any atom is -0.484 e. The highest BCUT2D eigenvalue weighted by Gasteiger charge is 2.34. The Morgan fingerprint density at radius 1 is 1.00 bits per heavy atom. The predicted octanol–water partition coefficient (Wildman–Crippen LogP) is 4.66. The Hall–Kier alpha value is -3.67. The van der Waals surface area contributed by atoms with E-state index < -0.39 is 0 Å². The molecule has 0 bridgehead atoms. The van der Waals surface area contributed by atoms with Gasteiger partial charge in [0.2, 0.25) is 5.91 Å². The number of carbonyl (C=O) groups is 2. The summed E-state index contributed by atoms with van der Waals surface area (Å²) in [6.45, 7) is 3.58. The van der Waals surface area contributed by atoms with Gasteiger partial charge in [-0.1, -0.05) is 42.5 Å². The summed E-state index contributed by atoms with van der Waals surface area (Å²) in [5, 5.41) is 0. The summed E-state index contributed by atoms with van der Waals surface area (Å²) in [5.74, 6) is -0.0854. The fraction of sp³-hybridized carbons (Fsp3) is 0.200. The van der Waals surface area contributed by atoms with E-state index in [1.54, 1.807) is 58.3 Å². The molecule has 1 unspecified atom stereocenters. The molecular formula is C25H23FN2O3. The zero-order valence-electron chi connectivity index (χ0n) is 17.4. The molecule has 3 aromatic rings. The summed E-state index contributed by atoms with van der Waals surface area (Å²) in [6, 6.07) is 20.7. The summed E-state index contributed by atoms with van der Waals surface area (Å²) >= 11 is 0. The minimum atomic E-state index is -0.347. The van der Waals surface area contributed by atoms with Crippen LogP contribution in [-0.2, 0) is 9.59 Å². The van der Waals surface area contributed by atoms with Crippen LogP contribution in [0, 0.1) is 5.82 Å². The number of ether oxygens (including phenoxy) is 1. The van der Waals surface area contributed by atoms with E-state index in [2.05, 4.69) is 0 Å². The number of carbonyl (C=O) groups excluding carboxylic acids is 2. The molecule has 158 valence electrons. The third-order valence-electron chi connectivity index (χ3n) is 5.34. The molecule has 0 aromatic heterocycles. The van der Waals surface area contributed by atoms with Crippen molar-refractivity contribution in [3.63, 3.8) is 0 Å². The van der Waals surface area contributed by atoms with E-state index in [-0.39, 0.29) is 30.3 Å². The Labute approximate surface area is 180 Å². The predicted molar refractivity (Wildman–Crippen MR) is 119 cm³/mol. The van der Waals surface area contributed by atoms with Crippen LogP contribution in [0.1, 0.15) is 13.8 Å². The molecular weight excluding hydrogens is 395 g/mol. The second-order valence-corrected chi connectivity index (χ2v) is 7.53. The standard InChI is InChI=1S/C25H23FN2O3/c1-17-15-27(25(30)16-31-20-8-4-3-5-9-20)24-14-19(21-10-6-7-11-22(21)26)12-13-23(24)28(17)18(2)29/h3-14,17H,15-16H2,1-2H3. The zero-order chi connectivity index (χ0) is 22.0. The maximum atomic E-state index is 14.4. The van der Waals surface area contributed by atoms with Crippen molar-refractivity contribution in [3.8, 4) is 16.9 Å². The van der Waals surface area contributed by atoms with Gasteiger partial charge in [0.25, 0.3) is 5.91 Å². The lowest BCUT2D eigenvalue weighted by Crippen LogP contribution is -2.52. The summed E-state index contributed by atoms with van der Waals surface area (Å²) in [4.78, 5) is 28.7. The third-order valence-corrected chi connectivity index (χ3v) is 5.34. The van der Waals surface area contributed by atoms with E-state index in [1.165, 1.54) is 13.0 Å². The summed E-state index contributed by atoms with van der Waals surface area (Å²) in [7, 11) is 0. The molecule has 5 nitrogen and oxygen atoms in total. The average molecular weight is 418 g/mol. The van der Waals surface area contributed by atoms with Crippen LogP contribution in [0.2, 0.25) is 0 Å². The van der Waals surface area contributed by atoms with Gasteiger partial charge in [-0.3, -0.25) is 9.59 Å². The first-order valence-electron chi connectivity index (χ1n) is 10.1. The number of nitrogens with zero attached hydrogens (tertiary/aromatic N) is 2. The van der Waals surface area contributed by atoms with Crippen molar-refractivity contribution in [1.82, 2.24) is 0 Å². The Morgan fingerprint density at radius 2 is 1.71 bits per heavy atom. The van der Waals surface area contributed by atoms with E-state index in [1.807, 2.05) is 25.1 Å². The number of hydrogen-bond acceptors (Lipinski definition) is 3. The number of benzene rings is 3. The fourth-order valence-electron chi connectivity index (χ4n) is 3.94. The van der Waals surface area contributed by atoms with Crippen LogP contribution >= 0.6 is 0 Å². The van der Waals surface area contributed by atoms with Crippen molar-refractivity contribution in [3.05, 3.63) is 78.6 Å². The lowest BCUT2D eigenvalue weighted by molar-refractivity contribution is -0.121. The van der Waals surface area contributed by atoms with Gasteiger partial charge in [-0.2, -0.15) is 0 Å². The van der Waals surface area contributed by atoms with E-state index in [0.717, 1.165) is 0 Å². The van der Waals surface area contributed by atoms with Crippen LogP contribution in [-0.4, -0.2) is 31.0 Å². The molecule has 0 fully saturated rings. The molecule has 2 amide bonds. The van der Waals surface area contributed by atoms with Crippen LogP contribution in [0.15, 0.2) is 72.8 Å². The van der Waals surface area contributed by atoms with E-state index >= 15 is 0 Å². The van der Waals surface area contributed by atoms with E-state index in [0.29, 0.717) is 34.8 Å². The monoisotopic (exact) mass is 418 g/mol. The molecule has 1 aliphatic rings. The van der Waals surface area contributed by atoms with Crippen molar-refractivity contribution in [1.29, 1.82) is 0 Å². The van der Waals surface area contributed by atoms with Crippen LogP contribution in [0.25, 0.3) is 11.1 Å². The Balaban J connectivity index is 1.71. The highest BCUT2D eigenvalue weighted by Crippen LogP contribution is 2.39. The molecule has 0 spiro atoms. The number of fused-ring (bicyclic) bond motifs is 1. The molecule has 0 aliphatic carbocycles. The maximum Gasteiger partial charge on any atom is 0.265 e. The van der Waals surface area contributed by atoms with Gasteiger partial charge < -0.3 is 14.5 Å². The zero-order valence-corrected chi connectivity index (χ0v) is 17.4. The summed E-state index contributed by atoms with van der Waals surface area (Å²) in [5.41, 5.74) is 2.26. The molecule has 0 radical (unpaired) electrons. The van der Waals surface area contributed by atoms with Gasteiger partial charge in [-0.15, -0.1) is 0 Å². The maximum absolute atomic E-state index is 14.4. The SMILES string of the molecule is CC(=O)N1c2ccc(-c3ccccc3F)cc2N(C(=O)COc2ccccc2)CC1C. The van der Waals surface area contributed by atoms with E-state index in [4.69, 9.17) is 4.74 Å². The minimum absolute atomic E-state index is 0.111. The first-order chi connectivity index (χ1) is 15.0. The molecule has 1 aliphatic heterocycles. The van der Waals surface area contributed by atoms with Gasteiger partial charge >= 0.3 is 0 Å². The first kappa shape index (κ1) is 20.6. The number of anilines is 2. The van der Waals surface area contributed by atoms with Gasteiger partial charge in [0, 0.05) is 19.0 Å². The molecule has 6 heteroatoms. The fourth-order valence-corrected chi connectivity index (χ4v) is 3.94. The summed E-state index contributed by atoms with van der Waals surface area (Å²) < 4.78 is 20.0. The van der Waals surface area contributed by atoms with Crippen molar-refractivity contribution < 1.29 is 18.7 Å². The Kier molecular flexibility index (Phi) is 5.71. The highest BCUT2D eigenvalue weighted by atomic mass is 19.1. The van der Waals surface area contributed by atoms with Gasteiger partial charge in [0.05, 0.1) is 17.4 Å². The molecule has 0 saturated heterocycles. The van der Waals surface area contributed by atoms with Crippen molar-refractivity contribution in [2.24, 2.45) is 0 Å². The topological polar surface area (TPSA) is 49.9 Å². The van der Waals surface area contributed by atoms with Gasteiger partial charge in [-0.25, -0.2) is 4.39 Å². The molecule has 1 heterocycles. The van der Waals surface area contributed by atoms with Gasteiger partial charge in [-0.05, 0) is 42.8 Å². The summed E-state index contributed by atoms with van der Waals surface area (Å²) in [6.07, 6.45) is 0. The van der Waals surface area contributed by atoms with Gasteiger partial charge in [0.15, 0.2) is 6.61 Å². The molecule has 0 N–H and O–H groups in total. The van der Waals surface area contributed by atoms with Crippen LogP contribution < -0.4 is 14.5 Å². The van der Waals surface area contributed by atoms with Crippen molar-refractivity contribution >= 4 is 23.2 Å². The number of rotatable bonds is 4. The third kappa shape index (κ3) is 4.14. The first-order valence-corrected chi connectivity index (χ1v) is 10.1. The number of halogens is 1. The molecule has 0 saturated carbocycles. The van der Waals surface area contributed by atoms with E-state index in [9.17, 15) is 14.0 Å². The Bertz CT molecular complexity index is 1120. The van der Waals surface area contributed by atoms with Crippen LogP contribution in [0.3, 0.4) is 0 Å².